The third-order valence-corrected chi connectivity index (χ3v) is 22.2. The number of hydrogen-bond donors (Lipinski definition) is 1. The number of ketones is 2. The molecule has 0 saturated carbocycles. The molecule has 14 rings (SSSR count). The first-order valence-electron chi connectivity index (χ1n) is 35.2. The third kappa shape index (κ3) is 28.8. The van der Waals surface area contributed by atoms with E-state index in [9.17, 15) is 19.1 Å². The number of Topliss-reactive ketones (excluding diaryl/α,β-unsaturated/α-hetero) is 2. The van der Waals surface area contributed by atoms with Gasteiger partial charge in [0.05, 0.1) is 15.9 Å². The van der Waals surface area contributed by atoms with Crippen LogP contribution in [0.1, 0.15) is 110 Å². The van der Waals surface area contributed by atoms with E-state index in [0.717, 1.165) is 93.5 Å². The standard InChI is InChI=1S/C19H21NOS.C18H18NOS.C17H16NOS.C10H7F.C9H15NOS.C9H13NOS.C6H6OS.CH4/c1-20(2)13-12-18(19-11-6-14-22-19)21-17-10-5-8-15-7-3-4-9-16(15)17;1-19-12-11-17(18-10-5-13-21-18)20-16-9-4-7-14-6-2-3-8-15(14)16;18-11-10-16(17-9-4-12-20-17)19-15-8-3-6-13-5-1-2-7-14(13)15;11-10-7-3-5-8-4-1-2-6-9(8)10;2*1-10(2)6-5-8(11)9-4-3-7-12-9;1-5(7)6-3-2-4-8-6;/h3-11,14,18H,12-13H2,1-2H3;2-10,13,17H,11-12H2,1H3;1-9,12,16,18H,10-11H2;1-7H;3-4,7-8,11H,5-6H2,1-2H3;3-4,7H,5-6H2,1-2H3;2-4H,1H3;1H4/q;2*-1;;;;;/t;;16-;;;;;/m..0...../s1. The second kappa shape index (κ2) is 47.3. The van der Waals surface area contributed by atoms with Gasteiger partial charge in [-0.1, -0.05) is 189 Å². The molecule has 2 N–H and O–H groups in total. The average Bonchev–Trinajstić information content (AvgIpc) is 1.79. The van der Waals surface area contributed by atoms with Gasteiger partial charge in [-0.15, -0.1) is 81.1 Å². The maximum Gasteiger partial charge on any atom is 0.174 e. The van der Waals surface area contributed by atoms with Gasteiger partial charge in [0.1, 0.15) is 41.4 Å². The van der Waals surface area contributed by atoms with Crippen LogP contribution in [0, 0.1) is 5.82 Å². The Bertz CT molecular complexity index is 4690. The molecule has 6 heterocycles. The van der Waals surface area contributed by atoms with E-state index in [1.54, 1.807) is 64.4 Å². The zero-order chi connectivity index (χ0) is 75.3. The van der Waals surface area contributed by atoms with Gasteiger partial charge >= 0.3 is 0 Å². The smallest absolute Gasteiger partial charge is 0.174 e. The molecule has 11 nitrogen and oxygen atoms in total. The van der Waals surface area contributed by atoms with E-state index in [1.807, 2.05) is 159 Å². The Hall–Kier alpha value is -8.57. The Morgan fingerprint density at radius 1 is 0.411 bits per heavy atom. The van der Waals surface area contributed by atoms with Gasteiger partial charge in [-0.05, 0) is 183 Å². The molecule has 18 heteroatoms. The molecule has 107 heavy (non-hydrogen) atoms. The second-order valence-electron chi connectivity index (χ2n) is 25.3. The average molecular weight is 1550 g/mol. The van der Waals surface area contributed by atoms with E-state index in [1.165, 1.54) is 64.9 Å². The van der Waals surface area contributed by atoms with E-state index >= 15 is 0 Å². The number of nitrogens with zero attached hydrogens (tertiary/aromatic N) is 4. The van der Waals surface area contributed by atoms with Crippen LogP contribution in [0.15, 0.2) is 275 Å². The Morgan fingerprint density at radius 2 is 0.757 bits per heavy atom. The van der Waals surface area contributed by atoms with Crippen molar-refractivity contribution in [1.82, 2.24) is 14.7 Å². The number of rotatable bonds is 26. The first kappa shape index (κ1) is 85.7. The molecule has 0 bridgehead atoms. The lowest BCUT2D eigenvalue weighted by molar-refractivity contribution is 0.0975. The van der Waals surface area contributed by atoms with Crippen LogP contribution in [0.2, 0.25) is 0 Å². The molecular formula is C89H100FN5O6S6-2. The topological polar surface area (TPSA) is 130 Å². The molecule has 4 atom stereocenters. The number of nitrogens with one attached hydrogen (secondary N) is 1. The number of thiophene rings is 6. The summed E-state index contributed by atoms with van der Waals surface area (Å²) in [5, 5.41) is 34.7. The predicted octanol–water partition coefficient (Wildman–Crippen LogP) is 25.0. The number of hydrogen-bond acceptors (Lipinski definition) is 15. The molecule has 0 fully saturated rings. The highest BCUT2D eigenvalue weighted by molar-refractivity contribution is 7.12. The molecule has 0 saturated heterocycles. The van der Waals surface area contributed by atoms with Crippen molar-refractivity contribution >= 4 is 123 Å². The van der Waals surface area contributed by atoms with Gasteiger partial charge in [0.2, 0.25) is 0 Å². The quantitative estimate of drug-likeness (QED) is 0.0527. The minimum atomic E-state index is -0.285. The van der Waals surface area contributed by atoms with Gasteiger partial charge in [0.25, 0.3) is 0 Å². The number of benzene rings is 8. The van der Waals surface area contributed by atoms with Gasteiger partial charge in [0.15, 0.2) is 11.6 Å². The number of fused-ring (bicyclic) bond motifs is 4. The minimum absolute atomic E-state index is 0. The predicted molar refractivity (Wildman–Crippen MR) is 460 cm³/mol. The largest absolute Gasteiger partial charge is 0.677 e. The van der Waals surface area contributed by atoms with E-state index in [-0.39, 0.29) is 49.2 Å². The fourth-order valence-electron chi connectivity index (χ4n) is 10.9. The monoisotopic (exact) mass is 1550 g/mol. The zero-order valence-electron chi connectivity index (χ0n) is 61.5. The Balaban J connectivity index is 0.000000178. The van der Waals surface area contributed by atoms with Crippen LogP contribution in [-0.4, -0.2) is 113 Å². The summed E-state index contributed by atoms with van der Waals surface area (Å²) in [4.78, 5) is 34.7. The summed E-state index contributed by atoms with van der Waals surface area (Å²) < 4.78 is 31.9. The molecule has 0 aliphatic heterocycles. The number of carbonyl (C=O) groups excluding carboxylic acids is 2. The number of aliphatic hydroxyl groups is 1. The van der Waals surface area contributed by atoms with E-state index < -0.39 is 0 Å². The fourth-order valence-corrected chi connectivity index (χ4v) is 15.3. The lowest BCUT2D eigenvalue weighted by Gasteiger charge is -2.22. The summed E-state index contributed by atoms with van der Waals surface area (Å²) in [7, 11) is 14.0. The molecule has 3 unspecified atom stereocenters. The maximum atomic E-state index is 13.0. The van der Waals surface area contributed by atoms with Crippen molar-refractivity contribution in [2.45, 2.75) is 70.9 Å². The van der Waals surface area contributed by atoms with Gasteiger partial charge in [-0.2, -0.15) is 7.05 Å². The Kier molecular flexibility index (Phi) is 37.9. The lowest BCUT2D eigenvalue weighted by atomic mass is 10.1. The van der Waals surface area contributed by atoms with E-state index in [4.69, 9.17) is 19.9 Å². The van der Waals surface area contributed by atoms with Crippen molar-refractivity contribution in [1.29, 1.82) is 0 Å². The highest BCUT2D eigenvalue weighted by atomic mass is 32.1. The van der Waals surface area contributed by atoms with Crippen molar-refractivity contribution in [3.8, 4) is 17.2 Å². The highest BCUT2D eigenvalue weighted by Crippen LogP contribution is 2.36. The third-order valence-electron chi connectivity index (χ3n) is 16.4. The molecular weight excluding hydrogens is 1450 g/mol. The highest BCUT2D eigenvalue weighted by Gasteiger charge is 2.19. The van der Waals surface area contributed by atoms with Crippen LogP contribution in [0.25, 0.3) is 54.1 Å². The van der Waals surface area contributed by atoms with Crippen molar-refractivity contribution in [3.63, 3.8) is 0 Å². The van der Waals surface area contributed by atoms with Crippen molar-refractivity contribution in [3.05, 3.63) is 321 Å². The number of carbonyl (C=O) groups is 2. The molecule has 0 amide bonds. The summed E-state index contributed by atoms with van der Waals surface area (Å²) >= 11 is 9.80. The first-order valence-corrected chi connectivity index (χ1v) is 40.5. The minimum Gasteiger partial charge on any atom is -0.677 e. The van der Waals surface area contributed by atoms with Crippen LogP contribution in [0.5, 0.6) is 17.2 Å². The molecule has 0 aliphatic carbocycles. The van der Waals surface area contributed by atoms with Gasteiger partial charge in [-0.25, -0.2) is 4.39 Å². The van der Waals surface area contributed by atoms with Crippen LogP contribution in [-0.2, 0) is 0 Å². The molecule has 6 aromatic heterocycles. The van der Waals surface area contributed by atoms with Crippen molar-refractivity contribution in [2.75, 3.05) is 82.1 Å². The number of ether oxygens (including phenoxy) is 3. The summed E-state index contributed by atoms with van der Waals surface area (Å²) in [5.74, 6) is 3.06. The molecule has 0 radical (unpaired) electrons. The molecule has 8 aromatic carbocycles. The van der Waals surface area contributed by atoms with Gasteiger partial charge < -0.3 is 45.1 Å². The summed E-state index contributed by atoms with van der Waals surface area (Å²) in [6, 6.07) is 80.1. The molecule has 14 aromatic rings. The fraction of sp³-hybridized carbons (Fsp3) is 0.258. The van der Waals surface area contributed by atoms with Crippen LogP contribution < -0.4 is 14.2 Å². The number of aliphatic hydroxyl groups excluding tert-OH is 1. The second-order valence-corrected chi connectivity index (χ2v) is 31.1. The Labute approximate surface area is 656 Å². The van der Waals surface area contributed by atoms with Crippen LogP contribution >= 0.6 is 68.0 Å². The molecule has 0 spiro atoms. The summed E-state index contributed by atoms with van der Waals surface area (Å²) in [6.45, 7) is 5.52. The van der Waals surface area contributed by atoms with Crippen LogP contribution in [0.3, 0.4) is 0 Å². The normalized spacial score (nSPS) is 11.8. The SMILES string of the molecule is C.CC(=O)c1cccs1.CN(C)CCC(=O)c1cccs1.CN(C)CCC(O)c1cccs1.CN(C)CCC(Oc1cccc2ccccc12)c1cccs1.C[N-]CCC(Oc1cccc2ccccc12)c1cccs1.Fc1cccc2ccccc12.[NH-]CC[C@H](Oc1cccc2ccccc12)c1cccs1. The zero-order valence-corrected chi connectivity index (χ0v) is 66.4. The van der Waals surface area contributed by atoms with Crippen molar-refractivity contribution < 1.29 is 33.3 Å². The summed E-state index contributed by atoms with van der Waals surface area (Å²) in [5.41, 5.74) is 7.49. The van der Waals surface area contributed by atoms with E-state index in [0.29, 0.717) is 24.8 Å². The van der Waals surface area contributed by atoms with Gasteiger partial charge in [0, 0.05) is 73.5 Å². The first-order chi connectivity index (χ1) is 51.6. The van der Waals surface area contributed by atoms with Crippen LogP contribution in [0.4, 0.5) is 4.39 Å². The summed E-state index contributed by atoms with van der Waals surface area (Å²) in [6.07, 6.45) is 3.89. The van der Waals surface area contributed by atoms with E-state index in [2.05, 4.69) is 167 Å². The number of halogens is 1. The maximum absolute atomic E-state index is 13.0. The molecule has 0 aliphatic rings. The van der Waals surface area contributed by atoms with Gasteiger partial charge in [-0.3, -0.25) is 9.59 Å². The van der Waals surface area contributed by atoms with Crippen molar-refractivity contribution in [2.24, 2.45) is 0 Å². The lowest BCUT2D eigenvalue weighted by Crippen LogP contribution is -2.18. The molecule has 562 valence electrons. The Morgan fingerprint density at radius 3 is 1.12 bits per heavy atom.